The predicted molar refractivity (Wildman–Crippen MR) is 97.2 cm³/mol. The van der Waals surface area contributed by atoms with Crippen LogP contribution < -0.4 is 10.3 Å². The van der Waals surface area contributed by atoms with Crippen LogP contribution in [0.15, 0.2) is 35.4 Å². The standard InChI is InChI=1S/C16H19N3O3.C2H6/c1-3-4-12(9-17)13-5-6-15-18-10-14(22-8-7-21-2)16(20)19(15)11-13;1-2/h4-6,9-11,17H,3,7-8H2,1-2H3;1-2H3/b12-4+,17-9?;. The Bertz CT molecular complexity index is 751. The molecule has 0 spiro atoms. The van der Waals surface area contributed by atoms with E-state index in [1.165, 1.54) is 16.8 Å². The van der Waals surface area contributed by atoms with Gasteiger partial charge in [0, 0.05) is 19.5 Å². The fourth-order valence-corrected chi connectivity index (χ4v) is 2.04. The third-order valence-electron chi connectivity index (χ3n) is 3.13. The zero-order valence-electron chi connectivity index (χ0n) is 14.7. The highest BCUT2D eigenvalue weighted by Crippen LogP contribution is 2.14. The van der Waals surface area contributed by atoms with Crippen LogP contribution >= 0.6 is 0 Å². The number of fused-ring (bicyclic) bond motifs is 1. The van der Waals surface area contributed by atoms with Crippen molar-refractivity contribution in [2.45, 2.75) is 27.2 Å². The molecule has 0 saturated carbocycles. The lowest BCUT2D eigenvalue weighted by Gasteiger charge is -2.08. The van der Waals surface area contributed by atoms with Crippen LogP contribution in [0.5, 0.6) is 5.75 Å². The van der Waals surface area contributed by atoms with E-state index in [2.05, 4.69) is 4.98 Å². The van der Waals surface area contributed by atoms with Gasteiger partial charge in [-0.25, -0.2) is 4.98 Å². The number of allylic oxidation sites excluding steroid dienone is 2. The minimum atomic E-state index is -0.274. The number of aromatic nitrogens is 2. The van der Waals surface area contributed by atoms with Crippen molar-refractivity contribution in [3.63, 3.8) is 0 Å². The molecule has 1 N–H and O–H groups in total. The van der Waals surface area contributed by atoms with Gasteiger partial charge in [-0.1, -0.05) is 26.8 Å². The molecular formula is C18H25N3O3. The summed E-state index contributed by atoms with van der Waals surface area (Å²) in [6.07, 6.45) is 7.14. The minimum absolute atomic E-state index is 0.183. The van der Waals surface area contributed by atoms with Crippen molar-refractivity contribution < 1.29 is 9.47 Å². The monoisotopic (exact) mass is 331 g/mol. The second-order valence-electron chi connectivity index (χ2n) is 4.63. The van der Waals surface area contributed by atoms with Crippen molar-refractivity contribution >= 4 is 17.4 Å². The molecule has 0 saturated heterocycles. The van der Waals surface area contributed by atoms with Crippen molar-refractivity contribution in [2.75, 3.05) is 20.3 Å². The Kier molecular flexibility index (Phi) is 8.43. The van der Waals surface area contributed by atoms with Gasteiger partial charge < -0.3 is 14.9 Å². The Morgan fingerprint density at radius 1 is 1.33 bits per heavy atom. The highest BCUT2D eigenvalue weighted by Gasteiger charge is 2.07. The highest BCUT2D eigenvalue weighted by molar-refractivity contribution is 6.08. The number of pyridine rings is 1. The first-order valence-corrected chi connectivity index (χ1v) is 8.05. The molecule has 130 valence electrons. The number of nitrogens with one attached hydrogen (secondary N) is 1. The topological polar surface area (TPSA) is 76.7 Å². The van der Waals surface area contributed by atoms with Crippen molar-refractivity contribution in [3.8, 4) is 5.75 Å². The van der Waals surface area contributed by atoms with E-state index < -0.39 is 0 Å². The van der Waals surface area contributed by atoms with Crippen LogP contribution in [-0.2, 0) is 4.74 Å². The first kappa shape index (κ1) is 19.6. The fourth-order valence-electron chi connectivity index (χ4n) is 2.04. The van der Waals surface area contributed by atoms with Gasteiger partial charge in [0.2, 0.25) is 5.75 Å². The average Bonchev–Trinajstić information content (AvgIpc) is 2.63. The molecule has 0 fully saturated rings. The largest absolute Gasteiger partial charge is 0.484 e. The third-order valence-corrected chi connectivity index (χ3v) is 3.13. The van der Waals surface area contributed by atoms with Gasteiger partial charge in [-0.2, -0.15) is 0 Å². The number of ether oxygens (including phenoxy) is 2. The normalized spacial score (nSPS) is 10.9. The van der Waals surface area contributed by atoms with E-state index in [0.29, 0.717) is 18.9 Å². The Morgan fingerprint density at radius 3 is 2.71 bits per heavy atom. The first-order chi connectivity index (χ1) is 11.7. The van der Waals surface area contributed by atoms with Crippen LogP contribution in [0.3, 0.4) is 0 Å². The molecule has 6 nitrogen and oxygen atoms in total. The van der Waals surface area contributed by atoms with Gasteiger partial charge in [-0.15, -0.1) is 0 Å². The summed E-state index contributed by atoms with van der Waals surface area (Å²) in [4.78, 5) is 16.6. The van der Waals surface area contributed by atoms with E-state index >= 15 is 0 Å². The van der Waals surface area contributed by atoms with Gasteiger partial charge in [0.15, 0.2) is 0 Å². The summed E-state index contributed by atoms with van der Waals surface area (Å²) >= 11 is 0. The molecule has 6 heteroatoms. The summed E-state index contributed by atoms with van der Waals surface area (Å²) in [5.74, 6) is 0.183. The molecule has 0 atom stereocenters. The highest BCUT2D eigenvalue weighted by atomic mass is 16.5. The van der Waals surface area contributed by atoms with E-state index in [1.54, 1.807) is 19.4 Å². The third kappa shape index (κ3) is 4.76. The molecule has 2 aromatic heterocycles. The van der Waals surface area contributed by atoms with E-state index in [9.17, 15) is 4.79 Å². The molecule has 24 heavy (non-hydrogen) atoms. The predicted octanol–water partition coefficient (Wildman–Crippen LogP) is 3.19. The van der Waals surface area contributed by atoms with Crippen LogP contribution in [0.4, 0.5) is 0 Å². The quantitative estimate of drug-likeness (QED) is 0.624. The van der Waals surface area contributed by atoms with E-state index in [1.807, 2.05) is 32.9 Å². The maximum atomic E-state index is 12.4. The number of hydrogen-bond acceptors (Lipinski definition) is 5. The van der Waals surface area contributed by atoms with E-state index in [4.69, 9.17) is 14.9 Å². The molecule has 0 radical (unpaired) electrons. The summed E-state index contributed by atoms with van der Waals surface area (Å²) in [6.45, 7) is 6.69. The second-order valence-corrected chi connectivity index (χ2v) is 4.63. The lowest BCUT2D eigenvalue weighted by atomic mass is 10.1. The maximum Gasteiger partial charge on any atom is 0.300 e. The van der Waals surface area contributed by atoms with Crippen LogP contribution in [0, 0.1) is 5.41 Å². The van der Waals surface area contributed by atoms with Gasteiger partial charge in [-0.05, 0) is 29.7 Å². The Balaban J connectivity index is 0.00000139. The summed E-state index contributed by atoms with van der Waals surface area (Å²) in [7, 11) is 1.57. The zero-order valence-corrected chi connectivity index (χ0v) is 14.7. The van der Waals surface area contributed by atoms with Crippen LogP contribution in [-0.4, -0.2) is 35.9 Å². The minimum Gasteiger partial charge on any atom is -0.484 e. The maximum absolute atomic E-state index is 12.4. The summed E-state index contributed by atoms with van der Waals surface area (Å²) in [5.41, 5.74) is 1.82. The van der Waals surface area contributed by atoms with Crippen LogP contribution in [0.25, 0.3) is 11.2 Å². The molecule has 0 bridgehead atoms. The molecular weight excluding hydrogens is 306 g/mol. The van der Waals surface area contributed by atoms with E-state index in [-0.39, 0.29) is 11.3 Å². The van der Waals surface area contributed by atoms with Gasteiger partial charge in [0.25, 0.3) is 5.56 Å². The number of hydrogen-bond donors (Lipinski definition) is 1. The average molecular weight is 331 g/mol. The zero-order chi connectivity index (χ0) is 17.9. The van der Waals surface area contributed by atoms with Gasteiger partial charge in [-0.3, -0.25) is 9.20 Å². The summed E-state index contributed by atoms with van der Waals surface area (Å²) in [6, 6.07) is 3.60. The van der Waals surface area contributed by atoms with Crippen LogP contribution in [0.2, 0.25) is 0 Å². The molecule has 0 aliphatic rings. The summed E-state index contributed by atoms with van der Waals surface area (Å²) < 4.78 is 11.7. The number of methoxy groups -OCH3 is 1. The van der Waals surface area contributed by atoms with Crippen LogP contribution in [0.1, 0.15) is 32.8 Å². The molecule has 0 unspecified atom stereocenters. The molecule has 2 heterocycles. The smallest absolute Gasteiger partial charge is 0.300 e. The Labute approximate surface area is 142 Å². The molecule has 0 aliphatic carbocycles. The van der Waals surface area contributed by atoms with Gasteiger partial charge >= 0.3 is 0 Å². The number of rotatable bonds is 7. The van der Waals surface area contributed by atoms with Crippen molar-refractivity contribution in [2.24, 2.45) is 0 Å². The molecule has 2 aromatic rings. The Morgan fingerprint density at radius 2 is 2.08 bits per heavy atom. The van der Waals surface area contributed by atoms with Crippen molar-refractivity contribution in [1.82, 2.24) is 9.38 Å². The number of nitrogens with zero attached hydrogens (tertiary/aromatic N) is 2. The second kappa shape index (κ2) is 10.3. The SMILES string of the molecule is CC.CC/C=C(\C=N)c1ccc2ncc(OCCOC)c(=O)n2c1. The van der Waals surface area contributed by atoms with Gasteiger partial charge in [0.05, 0.1) is 12.8 Å². The lowest BCUT2D eigenvalue weighted by Crippen LogP contribution is -2.19. The summed E-state index contributed by atoms with van der Waals surface area (Å²) in [5, 5.41) is 7.48. The molecule has 2 rings (SSSR count). The Hall–Kier alpha value is -2.47. The first-order valence-electron chi connectivity index (χ1n) is 8.05. The van der Waals surface area contributed by atoms with E-state index in [0.717, 1.165) is 17.6 Å². The molecule has 0 amide bonds. The van der Waals surface area contributed by atoms with Crippen molar-refractivity contribution in [3.05, 3.63) is 46.5 Å². The van der Waals surface area contributed by atoms with Gasteiger partial charge in [0.1, 0.15) is 12.3 Å². The fraction of sp³-hybridized carbons (Fsp3) is 0.389. The van der Waals surface area contributed by atoms with Crippen molar-refractivity contribution in [1.29, 1.82) is 5.41 Å². The molecule has 0 aromatic carbocycles. The lowest BCUT2D eigenvalue weighted by molar-refractivity contribution is 0.145. The molecule has 0 aliphatic heterocycles.